The number of ether oxygens (including phenoxy) is 1. The van der Waals surface area contributed by atoms with E-state index in [-0.39, 0.29) is 35.4 Å². The third-order valence-corrected chi connectivity index (χ3v) is 6.40. The number of aromatic nitrogens is 4. The van der Waals surface area contributed by atoms with Crippen LogP contribution < -0.4 is 11.1 Å². The van der Waals surface area contributed by atoms with E-state index in [0.29, 0.717) is 11.8 Å². The summed E-state index contributed by atoms with van der Waals surface area (Å²) in [6, 6.07) is 0.960. The van der Waals surface area contributed by atoms with E-state index in [9.17, 15) is 18.3 Å². The van der Waals surface area contributed by atoms with Gasteiger partial charge in [0.05, 0.1) is 41.7 Å². The highest BCUT2D eigenvalue weighted by Gasteiger charge is 2.40. The predicted octanol–water partition coefficient (Wildman–Crippen LogP) is 4.56. The minimum absolute atomic E-state index is 0.0221. The molecule has 1 aliphatic heterocycles. The van der Waals surface area contributed by atoms with Crippen LogP contribution in [0.1, 0.15) is 62.0 Å². The largest absolute Gasteiger partial charge is 0.418 e. The summed E-state index contributed by atoms with van der Waals surface area (Å²) >= 11 is 0. The molecule has 1 saturated carbocycles. The Morgan fingerprint density at radius 3 is 2.46 bits per heavy atom. The van der Waals surface area contributed by atoms with Crippen LogP contribution in [0, 0.1) is 18.7 Å². The van der Waals surface area contributed by atoms with Crippen molar-refractivity contribution in [2.75, 3.05) is 25.9 Å². The minimum Gasteiger partial charge on any atom is -0.384 e. The number of alkyl halides is 3. The zero-order valence-corrected chi connectivity index (χ0v) is 21.2. The number of aliphatic hydroxyl groups excluding tert-OH is 1. The smallest absolute Gasteiger partial charge is 0.384 e. The van der Waals surface area contributed by atoms with Gasteiger partial charge in [-0.1, -0.05) is 13.8 Å². The van der Waals surface area contributed by atoms with Crippen molar-refractivity contribution in [1.82, 2.24) is 25.1 Å². The van der Waals surface area contributed by atoms with E-state index in [1.54, 1.807) is 0 Å². The minimum atomic E-state index is -4.80. The Kier molecular flexibility index (Phi) is 7.72. The van der Waals surface area contributed by atoms with Crippen molar-refractivity contribution in [2.24, 2.45) is 5.92 Å². The predicted molar refractivity (Wildman–Crippen MR) is 131 cm³/mol. The Hall–Kier alpha value is -2.83. The lowest BCUT2D eigenvalue weighted by atomic mass is 9.96. The van der Waals surface area contributed by atoms with E-state index in [0.717, 1.165) is 31.4 Å². The first-order valence-corrected chi connectivity index (χ1v) is 12.3. The maximum atomic E-state index is 15.8. The maximum Gasteiger partial charge on any atom is 0.418 e. The fourth-order valence-corrected chi connectivity index (χ4v) is 4.66. The van der Waals surface area contributed by atoms with Crippen LogP contribution in [-0.2, 0) is 10.9 Å². The van der Waals surface area contributed by atoms with Crippen molar-refractivity contribution in [2.45, 2.75) is 64.5 Å². The van der Waals surface area contributed by atoms with Crippen LogP contribution in [0.2, 0.25) is 0 Å². The summed E-state index contributed by atoms with van der Waals surface area (Å²) in [5.41, 5.74) is 3.59. The van der Waals surface area contributed by atoms with Gasteiger partial charge in [-0.3, -0.25) is 4.68 Å². The van der Waals surface area contributed by atoms with E-state index in [4.69, 9.17) is 10.5 Å². The van der Waals surface area contributed by atoms with Crippen LogP contribution in [0.4, 0.5) is 23.4 Å². The van der Waals surface area contributed by atoms with Crippen LogP contribution >= 0.6 is 0 Å². The molecule has 2 fully saturated rings. The standard InChI is InChI=1S/C20H19F4N5O2.C5H13N/c1-8-14(20(22,23)24)11(6-13(25)27-8)17-15(21)18-12(7-26-29(18)9-2-3-9)16(28-17)10-4-5-31-19(10)30;1-5(2)4-6-3/h6-7,9-10,19,30H,2-5H2,1H3,(H2,25,27);5-6H,4H2,1-3H3. The molecular formula is C25H32F4N6O2. The van der Waals surface area contributed by atoms with Crippen molar-refractivity contribution >= 4 is 16.7 Å². The van der Waals surface area contributed by atoms with Crippen LogP contribution in [0.15, 0.2) is 12.3 Å². The fraction of sp³-hybridized carbons (Fsp3) is 0.560. The molecular weight excluding hydrogens is 492 g/mol. The number of nitrogens with zero attached hydrogens (tertiary/aromatic N) is 4. The molecule has 2 atom stereocenters. The molecule has 0 aromatic carbocycles. The Bertz CT molecular complexity index is 1270. The van der Waals surface area contributed by atoms with Crippen molar-refractivity contribution in [3.63, 3.8) is 0 Å². The van der Waals surface area contributed by atoms with Crippen molar-refractivity contribution < 1.29 is 27.4 Å². The van der Waals surface area contributed by atoms with E-state index in [2.05, 4.69) is 34.2 Å². The van der Waals surface area contributed by atoms with Gasteiger partial charge in [0.15, 0.2) is 12.1 Å². The van der Waals surface area contributed by atoms with Gasteiger partial charge in [-0.05, 0) is 51.8 Å². The second-order valence-electron chi connectivity index (χ2n) is 9.90. The highest BCUT2D eigenvalue weighted by atomic mass is 19.4. The molecule has 0 radical (unpaired) electrons. The lowest BCUT2D eigenvalue weighted by Gasteiger charge is -2.19. The molecule has 4 N–H and O–H groups in total. The molecule has 5 rings (SSSR count). The molecule has 1 aliphatic carbocycles. The van der Waals surface area contributed by atoms with Crippen LogP contribution in [-0.4, -0.2) is 51.3 Å². The van der Waals surface area contributed by atoms with Gasteiger partial charge in [-0.2, -0.15) is 18.3 Å². The molecule has 12 heteroatoms. The number of aliphatic hydroxyl groups is 1. The van der Waals surface area contributed by atoms with Crippen molar-refractivity contribution in [3.8, 4) is 11.3 Å². The lowest BCUT2D eigenvalue weighted by molar-refractivity contribution is -0.137. The summed E-state index contributed by atoms with van der Waals surface area (Å²) in [5.74, 6) is -0.918. The summed E-state index contributed by atoms with van der Waals surface area (Å²) in [5, 5.41) is 17.9. The second kappa shape index (κ2) is 10.5. The first kappa shape index (κ1) is 27.2. The summed E-state index contributed by atoms with van der Waals surface area (Å²) in [6.45, 7) is 6.93. The average molecular weight is 525 g/mol. The lowest BCUT2D eigenvalue weighted by Crippen LogP contribution is -2.17. The van der Waals surface area contributed by atoms with E-state index < -0.39 is 41.0 Å². The molecule has 2 unspecified atom stereocenters. The Morgan fingerprint density at radius 1 is 1.24 bits per heavy atom. The summed E-state index contributed by atoms with van der Waals surface area (Å²) in [7, 11) is 1.97. The molecule has 2 aliphatic rings. The number of nitrogens with one attached hydrogen (secondary N) is 1. The first-order valence-electron chi connectivity index (χ1n) is 12.3. The SMILES string of the molecule is CNCC(C)C.Cc1nc(N)cc(-c2nc(C3CCOC3O)c3cnn(C4CC4)c3c2F)c1C(F)(F)F. The zero-order valence-electron chi connectivity index (χ0n) is 21.2. The highest BCUT2D eigenvalue weighted by molar-refractivity contribution is 5.87. The van der Waals surface area contributed by atoms with Crippen LogP contribution in [0.25, 0.3) is 22.2 Å². The number of hydrogen-bond acceptors (Lipinski definition) is 7. The molecule has 0 spiro atoms. The molecule has 3 aromatic heterocycles. The maximum absolute atomic E-state index is 15.8. The van der Waals surface area contributed by atoms with Crippen molar-refractivity contribution in [3.05, 3.63) is 35.0 Å². The number of rotatable bonds is 5. The Morgan fingerprint density at radius 2 is 1.95 bits per heavy atom. The monoisotopic (exact) mass is 524 g/mol. The molecule has 0 bridgehead atoms. The van der Waals surface area contributed by atoms with Gasteiger partial charge in [-0.25, -0.2) is 14.4 Å². The molecule has 3 aromatic rings. The van der Waals surface area contributed by atoms with E-state index in [1.807, 2.05) is 7.05 Å². The van der Waals surface area contributed by atoms with Gasteiger partial charge in [0, 0.05) is 10.9 Å². The number of nitrogens with two attached hydrogens (primary N) is 1. The first-order chi connectivity index (χ1) is 17.4. The van der Waals surface area contributed by atoms with Gasteiger partial charge in [0.2, 0.25) is 0 Å². The number of nitrogen functional groups attached to an aromatic ring is 1. The van der Waals surface area contributed by atoms with Crippen LogP contribution in [0.3, 0.4) is 0 Å². The molecule has 202 valence electrons. The van der Waals surface area contributed by atoms with Gasteiger partial charge in [0.1, 0.15) is 17.0 Å². The number of pyridine rings is 2. The summed E-state index contributed by atoms with van der Waals surface area (Å²) in [6.07, 6.45) is -2.54. The van der Waals surface area contributed by atoms with Crippen molar-refractivity contribution in [1.29, 1.82) is 0 Å². The Labute approximate surface area is 212 Å². The second-order valence-corrected chi connectivity index (χ2v) is 9.90. The number of hydrogen-bond donors (Lipinski definition) is 3. The number of anilines is 1. The highest BCUT2D eigenvalue weighted by Crippen LogP contribution is 2.45. The van der Waals surface area contributed by atoms with Gasteiger partial charge >= 0.3 is 6.18 Å². The van der Waals surface area contributed by atoms with E-state index in [1.165, 1.54) is 17.8 Å². The third kappa shape index (κ3) is 5.55. The fourth-order valence-electron chi connectivity index (χ4n) is 4.66. The topological polar surface area (TPSA) is 111 Å². The average Bonchev–Trinajstić information content (AvgIpc) is 3.39. The summed E-state index contributed by atoms with van der Waals surface area (Å²) in [4.78, 5) is 8.01. The van der Waals surface area contributed by atoms with Gasteiger partial charge in [-0.15, -0.1) is 0 Å². The van der Waals surface area contributed by atoms with Crippen LogP contribution in [0.5, 0.6) is 0 Å². The normalized spacial score (nSPS) is 19.9. The third-order valence-electron chi connectivity index (χ3n) is 6.40. The molecule has 8 nitrogen and oxygen atoms in total. The number of fused-ring (bicyclic) bond motifs is 1. The zero-order chi connectivity index (χ0) is 27.1. The number of halogens is 4. The number of aryl methyl sites for hydroxylation is 1. The molecule has 37 heavy (non-hydrogen) atoms. The van der Waals surface area contributed by atoms with Gasteiger partial charge in [0.25, 0.3) is 0 Å². The quantitative estimate of drug-likeness (QED) is 0.420. The molecule has 1 saturated heterocycles. The van der Waals surface area contributed by atoms with E-state index >= 15 is 4.39 Å². The molecule has 4 heterocycles. The Balaban J connectivity index is 0.000000480. The molecule has 0 amide bonds. The summed E-state index contributed by atoms with van der Waals surface area (Å²) < 4.78 is 64.1. The van der Waals surface area contributed by atoms with Gasteiger partial charge < -0.3 is 20.9 Å².